The fourth-order valence-corrected chi connectivity index (χ4v) is 0.966. The third-order valence-electron chi connectivity index (χ3n) is 1.49. The molecule has 0 unspecified atom stereocenters. The van der Waals surface area contributed by atoms with Crippen molar-refractivity contribution in [1.29, 1.82) is 0 Å². The molecule has 0 aliphatic heterocycles. The second-order valence-electron chi connectivity index (χ2n) is 2.18. The first-order chi connectivity index (χ1) is 5.38. The van der Waals surface area contributed by atoms with E-state index in [1.54, 1.807) is 24.4 Å². The Kier molecular flexibility index (Phi) is 1.22. The highest BCUT2D eigenvalue weighted by Crippen LogP contribution is 2.01. The number of pyridine rings is 2. The van der Waals surface area contributed by atoms with Crippen LogP contribution in [0.15, 0.2) is 29.2 Å². The van der Waals surface area contributed by atoms with E-state index in [1.165, 1.54) is 0 Å². The summed E-state index contributed by atoms with van der Waals surface area (Å²) in [7, 11) is 0. The van der Waals surface area contributed by atoms with Crippen molar-refractivity contribution in [2.24, 2.45) is 0 Å². The van der Waals surface area contributed by atoms with Crippen LogP contribution in [0.25, 0.3) is 10.9 Å². The van der Waals surface area contributed by atoms with Gasteiger partial charge in [-0.15, -0.1) is 0 Å². The van der Waals surface area contributed by atoms with Crippen LogP contribution in [0.4, 0.5) is 0 Å². The van der Waals surface area contributed by atoms with Gasteiger partial charge < -0.3 is 4.98 Å². The first-order valence-corrected chi connectivity index (χ1v) is 3.22. The third kappa shape index (κ3) is 0.902. The van der Waals surface area contributed by atoms with Gasteiger partial charge in [0.15, 0.2) is 0 Å². The van der Waals surface area contributed by atoms with Gasteiger partial charge in [0, 0.05) is 6.20 Å². The van der Waals surface area contributed by atoms with Crippen molar-refractivity contribution in [3.63, 3.8) is 0 Å². The summed E-state index contributed by atoms with van der Waals surface area (Å²) in [6.45, 7) is 0. The van der Waals surface area contributed by atoms with E-state index in [1.807, 2.05) is 0 Å². The van der Waals surface area contributed by atoms with E-state index in [0.29, 0.717) is 10.9 Å². The van der Waals surface area contributed by atoms with Crippen LogP contribution in [-0.4, -0.2) is 9.97 Å². The lowest BCUT2D eigenvalue weighted by atomic mass is 10.3. The van der Waals surface area contributed by atoms with Crippen LogP contribution >= 0.6 is 0 Å². The Labute approximate surface area is 62.7 Å². The largest absolute Gasteiger partial charge is 0.328 e. The fraction of sp³-hybridized carbons (Fsp3) is 0. The molecule has 0 spiro atoms. The van der Waals surface area contributed by atoms with Crippen molar-refractivity contribution in [2.45, 2.75) is 0 Å². The lowest BCUT2D eigenvalue weighted by molar-refractivity contribution is 1.25. The van der Waals surface area contributed by atoms with Crippen molar-refractivity contribution in [3.05, 3.63) is 40.9 Å². The van der Waals surface area contributed by atoms with Crippen LogP contribution in [0.5, 0.6) is 0 Å². The summed E-state index contributed by atoms with van der Waals surface area (Å²) in [5.41, 5.74) is 0.570. The molecule has 2 rings (SSSR count). The molecular formula is C8H5N2O. The highest BCUT2D eigenvalue weighted by molar-refractivity contribution is 5.76. The molecule has 0 saturated carbocycles. The number of nitrogens with zero attached hydrogens (tertiary/aromatic N) is 1. The fourth-order valence-electron chi connectivity index (χ4n) is 0.966. The lowest BCUT2D eigenvalue weighted by Gasteiger charge is -1.90. The summed E-state index contributed by atoms with van der Waals surface area (Å²) >= 11 is 0. The van der Waals surface area contributed by atoms with Crippen molar-refractivity contribution < 1.29 is 0 Å². The monoisotopic (exact) mass is 145 g/mol. The molecule has 1 radical (unpaired) electrons. The zero-order valence-electron chi connectivity index (χ0n) is 5.66. The molecule has 2 heterocycles. The summed E-state index contributed by atoms with van der Waals surface area (Å²) in [5, 5.41) is 0.603. The summed E-state index contributed by atoms with van der Waals surface area (Å²) in [6.07, 6.45) is 4.23. The van der Waals surface area contributed by atoms with Crippen molar-refractivity contribution in [1.82, 2.24) is 9.97 Å². The van der Waals surface area contributed by atoms with Gasteiger partial charge in [-0.1, -0.05) is 0 Å². The molecule has 0 amide bonds. The van der Waals surface area contributed by atoms with Gasteiger partial charge in [-0.25, -0.2) is 4.98 Å². The predicted molar refractivity (Wildman–Crippen MR) is 41.2 cm³/mol. The van der Waals surface area contributed by atoms with Crippen LogP contribution < -0.4 is 5.56 Å². The number of hydrogen-bond donors (Lipinski definition) is 1. The standard InChI is InChI=1S/C8H5N2O/c11-8-6-2-1-4-9-7(6)3-5-10-8/h1-3,5H,(H,10,11). The Morgan fingerprint density at radius 1 is 1.45 bits per heavy atom. The predicted octanol–water partition coefficient (Wildman–Crippen LogP) is 0.723. The van der Waals surface area contributed by atoms with E-state index in [0.717, 1.165) is 0 Å². The van der Waals surface area contributed by atoms with E-state index >= 15 is 0 Å². The number of hydrogen-bond acceptors (Lipinski definition) is 2. The number of fused-ring (bicyclic) bond motifs is 1. The van der Waals surface area contributed by atoms with Crippen LogP contribution in [0, 0.1) is 6.20 Å². The van der Waals surface area contributed by atoms with E-state index in [9.17, 15) is 4.79 Å². The first kappa shape index (κ1) is 6.09. The van der Waals surface area contributed by atoms with Crippen molar-refractivity contribution in [3.8, 4) is 0 Å². The van der Waals surface area contributed by atoms with Gasteiger partial charge in [-0.3, -0.25) is 4.79 Å². The minimum absolute atomic E-state index is 0.107. The number of aromatic nitrogens is 2. The Morgan fingerprint density at radius 2 is 2.36 bits per heavy atom. The summed E-state index contributed by atoms with van der Waals surface area (Å²) in [5.74, 6) is 0. The summed E-state index contributed by atoms with van der Waals surface area (Å²) < 4.78 is 0. The Bertz CT molecular complexity index is 428. The molecule has 3 heteroatoms. The van der Waals surface area contributed by atoms with Gasteiger partial charge in [0.2, 0.25) is 0 Å². The van der Waals surface area contributed by atoms with Gasteiger partial charge in [0.25, 0.3) is 5.56 Å². The van der Waals surface area contributed by atoms with E-state index in [-0.39, 0.29) is 5.56 Å². The van der Waals surface area contributed by atoms with Gasteiger partial charge in [0.1, 0.15) is 0 Å². The molecule has 0 atom stereocenters. The number of nitrogens with one attached hydrogen (secondary N) is 1. The molecule has 53 valence electrons. The molecule has 2 aromatic heterocycles. The zero-order valence-corrected chi connectivity index (χ0v) is 5.66. The molecule has 0 aliphatic rings. The second-order valence-corrected chi connectivity index (χ2v) is 2.18. The Balaban J connectivity index is 3.03. The van der Waals surface area contributed by atoms with E-state index < -0.39 is 0 Å². The number of H-pyrrole nitrogens is 1. The maximum absolute atomic E-state index is 11.1. The van der Waals surface area contributed by atoms with Crippen LogP contribution in [0.3, 0.4) is 0 Å². The quantitative estimate of drug-likeness (QED) is 0.593. The normalized spacial score (nSPS) is 10.2. The molecule has 0 bridgehead atoms. The molecule has 2 aromatic rings. The molecular weight excluding hydrogens is 140 g/mol. The smallest absolute Gasteiger partial charge is 0.257 e. The molecule has 11 heavy (non-hydrogen) atoms. The average Bonchev–Trinajstić information content (AvgIpc) is 2.06. The second kappa shape index (κ2) is 2.20. The molecule has 1 N–H and O–H groups in total. The minimum atomic E-state index is -0.107. The molecule has 0 fully saturated rings. The van der Waals surface area contributed by atoms with Gasteiger partial charge >= 0.3 is 0 Å². The third-order valence-corrected chi connectivity index (χ3v) is 1.49. The lowest BCUT2D eigenvalue weighted by Crippen LogP contribution is -2.04. The highest BCUT2D eigenvalue weighted by Gasteiger charge is 1.94. The minimum Gasteiger partial charge on any atom is -0.328 e. The van der Waals surface area contributed by atoms with Gasteiger partial charge in [0.05, 0.1) is 17.1 Å². The van der Waals surface area contributed by atoms with Crippen molar-refractivity contribution in [2.75, 3.05) is 0 Å². The topological polar surface area (TPSA) is 45.8 Å². The van der Waals surface area contributed by atoms with Gasteiger partial charge in [-0.2, -0.15) is 0 Å². The first-order valence-electron chi connectivity index (χ1n) is 3.22. The highest BCUT2D eigenvalue weighted by atomic mass is 16.1. The van der Waals surface area contributed by atoms with Crippen LogP contribution in [-0.2, 0) is 0 Å². The molecule has 0 aliphatic carbocycles. The van der Waals surface area contributed by atoms with Gasteiger partial charge in [-0.05, 0) is 18.2 Å². The zero-order chi connectivity index (χ0) is 7.68. The van der Waals surface area contributed by atoms with Crippen LogP contribution in [0.2, 0.25) is 0 Å². The van der Waals surface area contributed by atoms with Crippen molar-refractivity contribution >= 4 is 10.9 Å². The number of rotatable bonds is 0. The Hall–Kier alpha value is -1.64. The number of aromatic amines is 1. The van der Waals surface area contributed by atoms with E-state index in [4.69, 9.17) is 0 Å². The SMILES string of the molecule is O=c1[nH]ccc2n[c]ccc12. The van der Waals surface area contributed by atoms with E-state index in [2.05, 4.69) is 16.2 Å². The molecule has 0 saturated heterocycles. The summed E-state index contributed by atoms with van der Waals surface area (Å²) in [4.78, 5) is 17.5. The maximum atomic E-state index is 11.1. The average molecular weight is 145 g/mol. The maximum Gasteiger partial charge on any atom is 0.257 e. The summed E-state index contributed by atoms with van der Waals surface area (Å²) in [6, 6.07) is 5.06. The van der Waals surface area contributed by atoms with Crippen LogP contribution in [0.1, 0.15) is 0 Å². The molecule has 0 aromatic carbocycles. The molecule has 3 nitrogen and oxygen atoms in total. The Morgan fingerprint density at radius 3 is 3.18 bits per heavy atom.